The molecule has 1 amide bonds. The van der Waals surface area contributed by atoms with Crippen LogP contribution in [-0.2, 0) is 11.2 Å². The maximum atomic E-state index is 11.6. The Morgan fingerprint density at radius 3 is 2.50 bits per heavy atom. The second kappa shape index (κ2) is 8.43. The topological polar surface area (TPSA) is 77.5 Å². The van der Waals surface area contributed by atoms with Crippen LogP contribution in [0.15, 0.2) is 77.8 Å². The fraction of sp³-hybridized carbons (Fsp3) is 0.0833. The number of benzene rings is 3. The monoisotopic (exact) mass is 417 g/mol. The molecule has 30 heavy (non-hydrogen) atoms. The van der Waals surface area contributed by atoms with E-state index in [0.29, 0.717) is 22.7 Å². The third-order valence-electron chi connectivity index (χ3n) is 4.85. The summed E-state index contributed by atoms with van der Waals surface area (Å²) in [6, 6.07) is 22.6. The number of carbonyl (C=O) groups is 1. The van der Waals surface area contributed by atoms with E-state index in [4.69, 9.17) is 16.6 Å². The lowest BCUT2D eigenvalue weighted by Crippen LogP contribution is -2.19. The van der Waals surface area contributed by atoms with E-state index in [2.05, 4.69) is 10.3 Å². The van der Waals surface area contributed by atoms with E-state index in [9.17, 15) is 9.90 Å². The van der Waals surface area contributed by atoms with E-state index < -0.39 is 0 Å². The number of hydrogen-bond donors (Lipinski definition) is 3. The summed E-state index contributed by atoms with van der Waals surface area (Å²) in [4.78, 5) is 19.4. The van der Waals surface area contributed by atoms with Crippen molar-refractivity contribution in [3.63, 3.8) is 0 Å². The van der Waals surface area contributed by atoms with E-state index >= 15 is 0 Å². The van der Waals surface area contributed by atoms with Gasteiger partial charge in [0.25, 0.3) is 0 Å². The van der Waals surface area contributed by atoms with E-state index in [1.807, 2.05) is 60.7 Å². The predicted octanol–water partition coefficient (Wildman–Crippen LogP) is 4.98. The molecule has 4 aromatic rings. The Hall–Kier alpha value is -3.57. The van der Waals surface area contributed by atoms with Crippen molar-refractivity contribution in [1.29, 1.82) is 0 Å². The summed E-state index contributed by atoms with van der Waals surface area (Å²) in [6.07, 6.45) is 0.316. The predicted molar refractivity (Wildman–Crippen MR) is 121 cm³/mol. The lowest BCUT2D eigenvalue weighted by Gasteiger charge is -2.08. The summed E-state index contributed by atoms with van der Waals surface area (Å²) in [5.74, 6) is -0.00953. The number of aliphatic imine (C=N–C) groups is 1. The number of halogens is 1. The fourth-order valence-electron chi connectivity index (χ4n) is 3.35. The van der Waals surface area contributed by atoms with Crippen LogP contribution in [-0.4, -0.2) is 28.8 Å². The zero-order valence-electron chi connectivity index (χ0n) is 16.3. The maximum Gasteiger partial charge on any atom is 0.224 e. The van der Waals surface area contributed by atoms with Crippen LogP contribution in [0, 0.1) is 0 Å². The Morgan fingerprint density at radius 1 is 1.07 bits per heavy atom. The molecule has 0 aliphatic carbocycles. The van der Waals surface area contributed by atoms with Crippen molar-refractivity contribution in [3.05, 3.63) is 94.5 Å². The number of aromatic hydroxyl groups is 1. The Bertz CT molecular complexity index is 1230. The summed E-state index contributed by atoms with van der Waals surface area (Å²) in [7, 11) is 1.62. The molecule has 3 N–H and O–H groups in total. The van der Waals surface area contributed by atoms with Crippen LogP contribution < -0.4 is 5.32 Å². The van der Waals surface area contributed by atoms with E-state index in [0.717, 1.165) is 27.7 Å². The molecule has 3 aromatic carbocycles. The number of rotatable bonds is 5. The summed E-state index contributed by atoms with van der Waals surface area (Å²) < 4.78 is 0. The molecule has 0 aliphatic rings. The van der Waals surface area contributed by atoms with Crippen molar-refractivity contribution in [2.24, 2.45) is 4.99 Å². The molecule has 150 valence electrons. The molecule has 1 heterocycles. The number of nitrogens with one attached hydrogen (secondary N) is 2. The highest BCUT2D eigenvalue weighted by Gasteiger charge is 2.18. The first-order chi connectivity index (χ1) is 14.5. The van der Waals surface area contributed by atoms with Crippen LogP contribution in [0.3, 0.4) is 0 Å². The Labute approximate surface area is 179 Å². The molecule has 6 heteroatoms. The minimum atomic E-state index is -0.0430. The lowest BCUT2D eigenvalue weighted by atomic mass is 10.0. The standard InChI is InChI=1S/C24H20ClN3O2/c1-26-21(29)13-15-7-10-18(11-8-15)27-23(16-5-3-2-4-6-16)22-19-12-9-17(25)14-20(19)28-24(22)30/h2-12,14,28,30H,13H2,1H3,(H,26,29). The van der Waals surface area contributed by atoms with Gasteiger partial charge < -0.3 is 15.4 Å². The minimum Gasteiger partial charge on any atom is -0.494 e. The summed E-state index contributed by atoms with van der Waals surface area (Å²) in [5.41, 5.74) is 4.48. The van der Waals surface area contributed by atoms with Crippen molar-refractivity contribution in [3.8, 4) is 5.88 Å². The van der Waals surface area contributed by atoms with Crippen molar-refractivity contribution < 1.29 is 9.90 Å². The number of fused-ring (bicyclic) bond motifs is 1. The first-order valence-corrected chi connectivity index (χ1v) is 9.87. The van der Waals surface area contributed by atoms with Crippen molar-refractivity contribution in [2.45, 2.75) is 6.42 Å². The quantitative estimate of drug-likeness (QED) is 0.400. The number of aromatic nitrogens is 1. The molecule has 0 radical (unpaired) electrons. The van der Waals surface area contributed by atoms with Gasteiger partial charge in [-0.15, -0.1) is 0 Å². The molecular weight excluding hydrogens is 398 g/mol. The van der Waals surface area contributed by atoms with Gasteiger partial charge in [-0.1, -0.05) is 60.1 Å². The van der Waals surface area contributed by atoms with Crippen molar-refractivity contribution in [1.82, 2.24) is 10.3 Å². The Balaban J connectivity index is 1.83. The van der Waals surface area contributed by atoms with Gasteiger partial charge in [0.15, 0.2) is 5.88 Å². The van der Waals surface area contributed by atoms with Gasteiger partial charge in [-0.25, -0.2) is 4.99 Å². The number of carbonyl (C=O) groups excluding carboxylic acids is 1. The second-order valence-electron chi connectivity index (χ2n) is 6.88. The molecule has 0 aliphatic heterocycles. The molecule has 0 saturated carbocycles. The van der Waals surface area contributed by atoms with Gasteiger partial charge in [0.2, 0.25) is 5.91 Å². The number of likely N-dealkylation sites (N-methyl/N-ethyl adjacent to an activating group) is 1. The van der Waals surface area contributed by atoms with Gasteiger partial charge >= 0.3 is 0 Å². The number of nitrogens with zero attached hydrogens (tertiary/aromatic N) is 1. The van der Waals surface area contributed by atoms with Gasteiger partial charge in [-0.3, -0.25) is 4.79 Å². The second-order valence-corrected chi connectivity index (χ2v) is 7.32. The molecule has 0 atom stereocenters. The molecule has 1 aromatic heterocycles. The lowest BCUT2D eigenvalue weighted by molar-refractivity contribution is -0.119. The molecule has 4 rings (SSSR count). The average Bonchev–Trinajstić information content (AvgIpc) is 3.08. The van der Waals surface area contributed by atoms with E-state index in [1.165, 1.54) is 0 Å². The van der Waals surface area contributed by atoms with Gasteiger partial charge in [-0.05, 0) is 29.8 Å². The van der Waals surface area contributed by atoms with Gasteiger partial charge in [-0.2, -0.15) is 0 Å². The number of amides is 1. The number of H-pyrrole nitrogens is 1. The maximum absolute atomic E-state index is 11.6. The smallest absolute Gasteiger partial charge is 0.224 e. The normalized spacial score (nSPS) is 11.6. The highest BCUT2D eigenvalue weighted by Crippen LogP contribution is 2.32. The highest BCUT2D eigenvalue weighted by molar-refractivity contribution is 6.31. The van der Waals surface area contributed by atoms with Crippen molar-refractivity contribution in [2.75, 3.05) is 7.05 Å². The molecule has 0 unspecified atom stereocenters. The molecule has 0 spiro atoms. The van der Waals surface area contributed by atoms with Crippen molar-refractivity contribution >= 4 is 39.8 Å². The number of aromatic amines is 1. The minimum absolute atomic E-state index is 0.0334. The molecule has 5 nitrogen and oxygen atoms in total. The first-order valence-electron chi connectivity index (χ1n) is 9.49. The van der Waals surface area contributed by atoms with E-state index in [-0.39, 0.29) is 11.8 Å². The average molecular weight is 418 g/mol. The summed E-state index contributed by atoms with van der Waals surface area (Å²) in [6.45, 7) is 0. The number of hydrogen-bond acceptors (Lipinski definition) is 3. The van der Waals surface area contributed by atoms with Crippen LogP contribution in [0.4, 0.5) is 5.69 Å². The largest absolute Gasteiger partial charge is 0.494 e. The summed E-state index contributed by atoms with van der Waals surface area (Å²) >= 11 is 6.11. The molecule has 0 bridgehead atoms. The zero-order valence-corrected chi connectivity index (χ0v) is 17.1. The molecule has 0 fully saturated rings. The van der Waals surface area contributed by atoms with Gasteiger partial charge in [0.1, 0.15) is 0 Å². The van der Waals surface area contributed by atoms with Crippen LogP contribution in [0.5, 0.6) is 5.88 Å². The van der Waals surface area contributed by atoms with Crippen LogP contribution in [0.1, 0.15) is 16.7 Å². The third-order valence-corrected chi connectivity index (χ3v) is 5.08. The zero-order chi connectivity index (χ0) is 21.1. The van der Waals surface area contributed by atoms with Crippen LogP contribution >= 0.6 is 11.6 Å². The fourth-order valence-corrected chi connectivity index (χ4v) is 3.52. The third kappa shape index (κ3) is 4.07. The van der Waals surface area contributed by atoms with Crippen LogP contribution in [0.25, 0.3) is 10.9 Å². The molecular formula is C24H20ClN3O2. The first kappa shape index (κ1) is 19.7. The van der Waals surface area contributed by atoms with E-state index in [1.54, 1.807) is 19.2 Å². The summed E-state index contributed by atoms with van der Waals surface area (Å²) in [5, 5.41) is 14.7. The van der Waals surface area contributed by atoms with Crippen LogP contribution in [0.2, 0.25) is 5.02 Å². The SMILES string of the molecule is CNC(=O)Cc1ccc(N=C(c2ccccc2)c2c(O)[nH]c3cc(Cl)ccc23)cc1. The Kier molecular flexibility index (Phi) is 5.55. The van der Waals surface area contributed by atoms with Gasteiger partial charge in [0.05, 0.1) is 28.9 Å². The molecule has 0 saturated heterocycles. The van der Waals surface area contributed by atoms with Gasteiger partial charge in [0, 0.05) is 23.0 Å². The Morgan fingerprint density at radius 2 is 1.80 bits per heavy atom. The highest BCUT2D eigenvalue weighted by atomic mass is 35.5.